The van der Waals surface area contributed by atoms with Crippen molar-refractivity contribution in [3.63, 3.8) is 0 Å². The Balaban J connectivity index is 2.73. The van der Waals surface area contributed by atoms with E-state index in [1.54, 1.807) is 35.0 Å². The maximum Gasteiger partial charge on any atom is 0.256 e. The molecule has 1 rings (SSSR count). The van der Waals surface area contributed by atoms with Gasteiger partial charge in [0.25, 0.3) is 5.91 Å². The largest absolute Gasteiger partial charge is 0.339 e. The maximum atomic E-state index is 12.2. The van der Waals surface area contributed by atoms with Crippen LogP contribution in [0.4, 0.5) is 0 Å². The molecule has 0 N–H and O–H groups in total. The van der Waals surface area contributed by atoms with Gasteiger partial charge in [0.05, 0.1) is 5.56 Å². The number of hydrogen-bond acceptors (Lipinski definition) is 3. The third kappa shape index (κ3) is 4.00. The fraction of sp³-hybridized carbons (Fsp3) is 0.500. The molecule has 94 valence electrons. The molecule has 17 heavy (non-hydrogen) atoms. The van der Waals surface area contributed by atoms with E-state index in [1.165, 1.54) is 0 Å². The van der Waals surface area contributed by atoms with Gasteiger partial charge in [0, 0.05) is 19.3 Å². The Bertz CT molecular complexity index is 387. The summed E-state index contributed by atoms with van der Waals surface area (Å²) in [5, 5.41) is 0. The monoisotopic (exact) mass is 316 g/mol. The van der Waals surface area contributed by atoms with E-state index in [4.69, 9.17) is 0 Å². The highest BCUT2D eigenvalue weighted by atomic mass is 79.9. The van der Waals surface area contributed by atoms with Gasteiger partial charge in [0.2, 0.25) is 0 Å². The zero-order valence-corrected chi connectivity index (χ0v) is 12.7. The zero-order chi connectivity index (χ0) is 12.8. The summed E-state index contributed by atoms with van der Waals surface area (Å²) in [5.41, 5.74) is 0.617. The van der Waals surface area contributed by atoms with Crippen LogP contribution in [0.5, 0.6) is 0 Å². The van der Waals surface area contributed by atoms with E-state index in [0.29, 0.717) is 10.2 Å². The highest BCUT2D eigenvalue weighted by Crippen LogP contribution is 2.16. The van der Waals surface area contributed by atoms with Gasteiger partial charge >= 0.3 is 0 Å². The summed E-state index contributed by atoms with van der Waals surface area (Å²) >= 11 is 5.10. The first-order chi connectivity index (χ1) is 8.07. The molecule has 1 heterocycles. The summed E-state index contributed by atoms with van der Waals surface area (Å²) < 4.78 is 0.605. The second-order valence-electron chi connectivity index (χ2n) is 3.89. The normalized spacial score (nSPS) is 12.2. The zero-order valence-electron chi connectivity index (χ0n) is 10.3. The molecule has 1 atom stereocenters. The van der Waals surface area contributed by atoms with Crippen LogP contribution >= 0.6 is 27.7 Å². The van der Waals surface area contributed by atoms with E-state index in [-0.39, 0.29) is 11.9 Å². The Kier molecular flexibility index (Phi) is 5.98. The lowest BCUT2D eigenvalue weighted by atomic mass is 10.2. The first-order valence-corrected chi connectivity index (χ1v) is 7.63. The fourth-order valence-electron chi connectivity index (χ4n) is 1.42. The van der Waals surface area contributed by atoms with Crippen molar-refractivity contribution in [1.82, 2.24) is 9.88 Å². The Morgan fingerprint density at radius 2 is 2.35 bits per heavy atom. The Hall–Kier alpha value is -0.550. The molecule has 1 aromatic heterocycles. The molecule has 1 amide bonds. The van der Waals surface area contributed by atoms with Crippen molar-refractivity contribution < 1.29 is 4.79 Å². The molecule has 0 bridgehead atoms. The van der Waals surface area contributed by atoms with E-state index in [0.717, 1.165) is 12.2 Å². The average Bonchev–Trinajstić information content (AvgIpc) is 2.34. The first-order valence-electron chi connectivity index (χ1n) is 5.44. The van der Waals surface area contributed by atoms with Gasteiger partial charge in [-0.15, -0.1) is 0 Å². The molecule has 1 unspecified atom stereocenters. The third-order valence-corrected chi connectivity index (χ3v) is 3.99. The number of carbonyl (C=O) groups excluding carboxylic acids is 1. The van der Waals surface area contributed by atoms with Crippen molar-refractivity contribution in [3.05, 3.63) is 28.5 Å². The standard InChI is InChI=1S/C12H17BrN2OS/c1-9(6-8-17-3)15(2)12(16)10-5-4-7-14-11(10)13/h4-5,7,9H,6,8H2,1-3H3. The van der Waals surface area contributed by atoms with Gasteiger partial charge in [0.1, 0.15) is 4.60 Å². The Morgan fingerprint density at radius 3 is 2.94 bits per heavy atom. The number of halogens is 1. The fourth-order valence-corrected chi connectivity index (χ4v) is 2.41. The molecular weight excluding hydrogens is 300 g/mol. The van der Waals surface area contributed by atoms with Gasteiger partial charge in [-0.1, -0.05) is 0 Å². The molecule has 0 saturated heterocycles. The van der Waals surface area contributed by atoms with Crippen molar-refractivity contribution in [2.24, 2.45) is 0 Å². The van der Waals surface area contributed by atoms with Gasteiger partial charge in [-0.2, -0.15) is 11.8 Å². The number of aromatic nitrogens is 1. The second kappa shape index (κ2) is 7.01. The molecule has 0 fully saturated rings. The molecule has 0 aliphatic heterocycles. The molecular formula is C12H17BrN2OS. The molecule has 0 aliphatic rings. The van der Waals surface area contributed by atoms with Crippen molar-refractivity contribution in [2.45, 2.75) is 19.4 Å². The second-order valence-corrected chi connectivity index (χ2v) is 5.63. The van der Waals surface area contributed by atoms with Crippen LogP contribution in [-0.4, -0.2) is 40.9 Å². The lowest BCUT2D eigenvalue weighted by Crippen LogP contribution is -2.35. The van der Waals surface area contributed by atoms with Gasteiger partial charge in [-0.25, -0.2) is 4.98 Å². The first kappa shape index (κ1) is 14.5. The molecule has 0 aliphatic carbocycles. The lowest BCUT2D eigenvalue weighted by molar-refractivity contribution is 0.0740. The summed E-state index contributed by atoms with van der Waals surface area (Å²) in [5.74, 6) is 1.08. The molecule has 5 heteroatoms. The number of hydrogen-bond donors (Lipinski definition) is 0. The highest BCUT2D eigenvalue weighted by Gasteiger charge is 2.19. The van der Waals surface area contributed by atoms with Crippen LogP contribution in [0.15, 0.2) is 22.9 Å². The Labute approximate surface area is 115 Å². The van der Waals surface area contributed by atoms with Crippen molar-refractivity contribution in [1.29, 1.82) is 0 Å². The molecule has 0 spiro atoms. The Morgan fingerprint density at radius 1 is 1.65 bits per heavy atom. The van der Waals surface area contributed by atoms with Gasteiger partial charge in [-0.3, -0.25) is 4.79 Å². The summed E-state index contributed by atoms with van der Waals surface area (Å²) in [6.07, 6.45) is 4.74. The van der Waals surface area contributed by atoms with Crippen molar-refractivity contribution >= 4 is 33.6 Å². The van der Waals surface area contributed by atoms with Gasteiger partial charge < -0.3 is 4.90 Å². The summed E-state index contributed by atoms with van der Waals surface area (Å²) in [6.45, 7) is 2.07. The van der Waals surface area contributed by atoms with Crippen LogP contribution in [0, 0.1) is 0 Å². The summed E-state index contributed by atoms with van der Waals surface area (Å²) in [7, 11) is 1.84. The van der Waals surface area contributed by atoms with Crippen LogP contribution in [-0.2, 0) is 0 Å². The van der Waals surface area contributed by atoms with Crippen LogP contribution in [0.3, 0.4) is 0 Å². The maximum absolute atomic E-state index is 12.2. The predicted octanol–water partition coefficient (Wildman–Crippen LogP) is 3.06. The molecule has 0 aromatic carbocycles. The number of nitrogens with zero attached hydrogens (tertiary/aromatic N) is 2. The van der Waals surface area contributed by atoms with Gasteiger partial charge in [-0.05, 0) is 53.4 Å². The summed E-state index contributed by atoms with van der Waals surface area (Å²) in [6, 6.07) is 3.80. The van der Waals surface area contributed by atoms with Gasteiger partial charge in [0.15, 0.2) is 0 Å². The average molecular weight is 317 g/mol. The molecule has 0 radical (unpaired) electrons. The third-order valence-electron chi connectivity index (χ3n) is 2.71. The molecule has 0 saturated carbocycles. The summed E-state index contributed by atoms with van der Waals surface area (Å²) in [4.78, 5) is 18.1. The van der Waals surface area contributed by atoms with E-state index < -0.39 is 0 Å². The highest BCUT2D eigenvalue weighted by molar-refractivity contribution is 9.10. The van der Waals surface area contributed by atoms with Crippen LogP contribution in [0.1, 0.15) is 23.7 Å². The molecule has 3 nitrogen and oxygen atoms in total. The number of thioether (sulfide) groups is 1. The number of rotatable bonds is 5. The number of amides is 1. The van der Waals surface area contributed by atoms with E-state index in [2.05, 4.69) is 34.1 Å². The van der Waals surface area contributed by atoms with Crippen molar-refractivity contribution in [2.75, 3.05) is 19.1 Å². The SMILES string of the molecule is CSCCC(C)N(C)C(=O)c1cccnc1Br. The number of carbonyl (C=O) groups is 1. The van der Waals surface area contributed by atoms with E-state index >= 15 is 0 Å². The topological polar surface area (TPSA) is 33.2 Å². The number of pyridine rings is 1. The smallest absolute Gasteiger partial charge is 0.256 e. The van der Waals surface area contributed by atoms with E-state index in [1.807, 2.05) is 7.05 Å². The van der Waals surface area contributed by atoms with Crippen molar-refractivity contribution in [3.8, 4) is 0 Å². The van der Waals surface area contributed by atoms with E-state index in [9.17, 15) is 4.79 Å². The minimum absolute atomic E-state index is 0.0126. The van der Waals surface area contributed by atoms with Crippen LogP contribution in [0.25, 0.3) is 0 Å². The lowest BCUT2D eigenvalue weighted by Gasteiger charge is -2.25. The minimum atomic E-state index is 0.0126. The predicted molar refractivity (Wildman–Crippen MR) is 76.5 cm³/mol. The van der Waals surface area contributed by atoms with Crippen LogP contribution < -0.4 is 0 Å². The minimum Gasteiger partial charge on any atom is -0.339 e. The van der Waals surface area contributed by atoms with Crippen LogP contribution in [0.2, 0.25) is 0 Å². The quantitative estimate of drug-likeness (QED) is 0.783. The molecule has 1 aromatic rings.